The molecule has 0 aromatic heterocycles. The maximum Gasteiger partial charge on any atom is 0.163 e. The fourth-order valence-corrected chi connectivity index (χ4v) is 2.79. The predicted molar refractivity (Wildman–Crippen MR) is 73.0 cm³/mol. The van der Waals surface area contributed by atoms with Gasteiger partial charge in [-0.2, -0.15) is 0 Å². The minimum atomic E-state index is 0.560. The van der Waals surface area contributed by atoms with Crippen molar-refractivity contribution < 1.29 is 9.47 Å². The minimum Gasteiger partial charge on any atom is -0.486 e. The van der Waals surface area contributed by atoms with Crippen LogP contribution in [0.25, 0.3) is 0 Å². The van der Waals surface area contributed by atoms with Crippen molar-refractivity contribution in [2.75, 3.05) is 36.5 Å². The first-order valence-electron chi connectivity index (χ1n) is 6.77. The molecule has 0 bridgehead atoms. The Morgan fingerprint density at radius 1 is 1.22 bits per heavy atom. The Kier molecular flexibility index (Phi) is 2.94. The molecule has 1 N–H and O–H groups in total. The molecule has 0 saturated carbocycles. The Labute approximate surface area is 108 Å². The minimum absolute atomic E-state index is 0.560. The SMILES string of the molecule is CCC1CNc2cc3c(cc2N1CC)OCCO3. The van der Waals surface area contributed by atoms with E-state index in [4.69, 9.17) is 9.47 Å². The molecule has 98 valence electrons. The second kappa shape index (κ2) is 4.59. The lowest BCUT2D eigenvalue weighted by molar-refractivity contribution is 0.171. The first-order chi connectivity index (χ1) is 8.83. The van der Waals surface area contributed by atoms with Gasteiger partial charge < -0.3 is 19.7 Å². The molecule has 4 heteroatoms. The van der Waals surface area contributed by atoms with Gasteiger partial charge in [-0.05, 0) is 13.3 Å². The Morgan fingerprint density at radius 2 is 1.94 bits per heavy atom. The van der Waals surface area contributed by atoms with Crippen LogP contribution in [-0.4, -0.2) is 32.3 Å². The van der Waals surface area contributed by atoms with Crippen LogP contribution in [0.1, 0.15) is 20.3 Å². The molecule has 0 radical (unpaired) electrons. The summed E-state index contributed by atoms with van der Waals surface area (Å²) in [5.41, 5.74) is 2.39. The average Bonchev–Trinajstić information content (AvgIpc) is 2.43. The van der Waals surface area contributed by atoms with Gasteiger partial charge in [0.05, 0.1) is 11.4 Å². The molecule has 0 aliphatic carbocycles. The van der Waals surface area contributed by atoms with Crippen molar-refractivity contribution in [3.63, 3.8) is 0 Å². The predicted octanol–water partition coefficient (Wildman–Crippen LogP) is 2.49. The van der Waals surface area contributed by atoms with Gasteiger partial charge in [-0.1, -0.05) is 6.92 Å². The highest BCUT2D eigenvalue weighted by Crippen LogP contribution is 2.42. The molecule has 0 amide bonds. The van der Waals surface area contributed by atoms with E-state index in [1.165, 1.54) is 5.69 Å². The molecule has 0 fully saturated rings. The summed E-state index contributed by atoms with van der Waals surface area (Å²) >= 11 is 0. The van der Waals surface area contributed by atoms with E-state index in [2.05, 4.69) is 36.2 Å². The van der Waals surface area contributed by atoms with Gasteiger partial charge in [-0.15, -0.1) is 0 Å². The van der Waals surface area contributed by atoms with Gasteiger partial charge in [0.15, 0.2) is 11.5 Å². The van der Waals surface area contributed by atoms with Crippen LogP contribution in [0.2, 0.25) is 0 Å². The van der Waals surface area contributed by atoms with Crippen LogP contribution in [0, 0.1) is 0 Å². The van der Waals surface area contributed by atoms with Crippen LogP contribution in [0.4, 0.5) is 11.4 Å². The molecular formula is C14H20N2O2. The molecule has 18 heavy (non-hydrogen) atoms. The van der Waals surface area contributed by atoms with Gasteiger partial charge in [0.2, 0.25) is 0 Å². The van der Waals surface area contributed by atoms with Crippen molar-refractivity contribution in [1.29, 1.82) is 0 Å². The van der Waals surface area contributed by atoms with E-state index in [0.29, 0.717) is 19.3 Å². The van der Waals surface area contributed by atoms with Crippen LogP contribution < -0.4 is 19.7 Å². The summed E-state index contributed by atoms with van der Waals surface area (Å²) in [7, 11) is 0. The summed E-state index contributed by atoms with van der Waals surface area (Å²) in [5, 5.41) is 3.50. The number of hydrogen-bond acceptors (Lipinski definition) is 4. The highest BCUT2D eigenvalue weighted by atomic mass is 16.6. The molecule has 4 nitrogen and oxygen atoms in total. The molecule has 1 atom stereocenters. The van der Waals surface area contributed by atoms with Gasteiger partial charge in [-0.25, -0.2) is 0 Å². The average molecular weight is 248 g/mol. The fourth-order valence-electron chi connectivity index (χ4n) is 2.79. The van der Waals surface area contributed by atoms with E-state index >= 15 is 0 Å². The number of likely N-dealkylation sites (N-methyl/N-ethyl adjacent to an activating group) is 1. The highest BCUT2D eigenvalue weighted by Gasteiger charge is 2.26. The Hall–Kier alpha value is -1.58. The first-order valence-corrected chi connectivity index (χ1v) is 6.77. The molecule has 1 unspecified atom stereocenters. The molecular weight excluding hydrogens is 228 g/mol. The normalized spacial score (nSPS) is 21.2. The summed E-state index contributed by atoms with van der Waals surface area (Å²) in [5.74, 6) is 1.73. The van der Waals surface area contributed by atoms with Crippen molar-refractivity contribution >= 4 is 11.4 Å². The molecule has 1 aromatic rings. The van der Waals surface area contributed by atoms with E-state index in [1.807, 2.05) is 0 Å². The number of nitrogens with zero attached hydrogens (tertiary/aromatic N) is 1. The third kappa shape index (κ3) is 1.76. The van der Waals surface area contributed by atoms with Crippen molar-refractivity contribution in [2.45, 2.75) is 26.3 Å². The van der Waals surface area contributed by atoms with Gasteiger partial charge >= 0.3 is 0 Å². The summed E-state index contributed by atoms with van der Waals surface area (Å²) in [6.45, 7) is 7.74. The second-order valence-electron chi connectivity index (χ2n) is 4.74. The number of rotatable bonds is 2. The fraction of sp³-hybridized carbons (Fsp3) is 0.571. The number of benzene rings is 1. The van der Waals surface area contributed by atoms with E-state index in [9.17, 15) is 0 Å². The van der Waals surface area contributed by atoms with Gasteiger partial charge in [-0.3, -0.25) is 0 Å². The quantitative estimate of drug-likeness (QED) is 0.872. The standard InChI is InChI=1S/C14H20N2O2/c1-3-10-9-15-11-7-13-14(18-6-5-17-13)8-12(11)16(10)4-2/h7-8,10,15H,3-6,9H2,1-2H3. The van der Waals surface area contributed by atoms with Crippen molar-refractivity contribution in [2.24, 2.45) is 0 Å². The zero-order valence-corrected chi connectivity index (χ0v) is 11.0. The Morgan fingerprint density at radius 3 is 2.61 bits per heavy atom. The molecule has 2 aliphatic heterocycles. The van der Waals surface area contributed by atoms with Crippen LogP contribution >= 0.6 is 0 Å². The zero-order chi connectivity index (χ0) is 12.5. The van der Waals surface area contributed by atoms with Crippen molar-refractivity contribution in [1.82, 2.24) is 0 Å². The topological polar surface area (TPSA) is 33.7 Å². The number of ether oxygens (including phenoxy) is 2. The van der Waals surface area contributed by atoms with Crippen LogP contribution in [-0.2, 0) is 0 Å². The van der Waals surface area contributed by atoms with Gasteiger partial charge in [0.1, 0.15) is 13.2 Å². The zero-order valence-electron chi connectivity index (χ0n) is 11.0. The lowest BCUT2D eigenvalue weighted by atomic mass is 10.1. The molecule has 0 saturated heterocycles. The van der Waals surface area contributed by atoms with Crippen LogP contribution in [0.15, 0.2) is 12.1 Å². The summed E-state index contributed by atoms with van der Waals surface area (Å²) in [6, 6.07) is 4.74. The second-order valence-corrected chi connectivity index (χ2v) is 4.74. The van der Waals surface area contributed by atoms with E-state index < -0.39 is 0 Å². The van der Waals surface area contributed by atoms with E-state index in [-0.39, 0.29) is 0 Å². The van der Waals surface area contributed by atoms with Gasteiger partial charge in [0.25, 0.3) is 0 Å². The van der Waals surface area contributed by atoms with E-state index in [1.54, 1.807) is 0 Å². The summed E-state index contributed by atoms with van der Waals surface area (Å²) in [4.78, 5) is 2.45. The maximum atomic E-state index is 5.67. The summed E-state index contributed by atoms with van der Waals surface area (Å²) < 4.78 is 11.3. The monoisotopic (exact) mass is 248 g/mol. The number of hydrogen-bond donors (Lipinski definition) is 1. The third-order valence-electron chi connectivity index (χ3n) is 3.75. The largest absolute Gasteiger partial charge is 0.486 e. The molecule has 0 spiro atoms. The third-order valence-corrected chi connectivity index (χ3v) is 3.75. The highest BCUT2D eigenvalue weighted by molar-refractivity contribution is 5.77. The Bertz CT molecular complexity index is 448. The first kappa shape index (κ1) is 11.5. The van der Waals surface area contributed by atoms with Crippen molar-refractivity contribution in [3.05, 3.63) is 12.1 Å². The molecule has 1 aromatic carbocycles. The van der Waals surface area contributed by atoms with Crippen LogP contribution in [0.5, 0.6) is 11.5 Å². The van der Waals surface area contributed by atoms with Crippen LogP contribution in [0.3, 0.4) is 0 Å². The molecule has 3 rings (SSSR count). The van der Waals surface area contributed by atoms with Gasteiger partial charge in [0, 0.05) is 31.3 Å². The number of anilines is 2. The number of fused-ring (bicyclic) bond motifs is 2. The van der Waals surface area contributed by atoms with E-state index in [0.717, 1.165) is 36.7 Å². The Balaban J connectivity index is 2.02. The lowest BCUT2D eigenvalue weighted by Crippen LogP contribution is -2.43. The summed E-state index contributed by atoms with van der Waals surface area (Å²) in [6.07, 6.45) is 1.15. The van der Waals surface area contributed by atoms with Crippen molar-refractivity contribution in [3.8, 4) is 11.5 Å². The molecule has 2 heterocycles. The lowest BCUT2D eigenvalue weighted by Gasteiger charge is -2.39. The smallest absolute Gasteiger partial charge is 0.163 e. The maximum absolute atomic E-state index is 5.67. The molecule has 2 aliphatic rings. The number of nitrogens with one attached hydrogen (secondary N) is 1.